The van der Waals surface area contributed by atoms with E-state index in [1.54, 1.807) is 14.0 Å². The molecule has 0 spiro atoms. The van der Waals surface area contributed by atoms with Crippen LogP contribution in [0.5, 0.6) is 5.75 Å². The summed E-state index contributed by atoms with van der Waals surface area (Å²) < 4.78 is 6.93. The molecule has 9 nitrogen and oxygen atoms in total. The summed E-state index contributed by atoms with van der Waals surface area (Å²) in [5.74, 6) is -0.0353. The number of amides is 3. The Morgan fingerprint density at radius 2 is 1.91 bits per heavy atom. The van der Waals surface area contributed by atoms with E-state index in [2.05, 4.69) is 15.7 Å². The van der Waals surface area contributed by atoms with Crippen LogP contribution in [0.1, 0.15) is 66.1 Å². The molecule has 1 aliphatic heterocycles. The van der Waals surface area contributed by atoms with Crippen LogP contribution in [0.15, 0.2) is 30.3 Å². The summed E-state index contributed by atoms with van der Waals surface area (Å²) >= 11 is 0. The summed E-state index contributed by atoms with van der Waals surface area (Å²) in [5, 5.41) is 10.3. The number of rotatable bonds is 8. The second kappa shape index (κ2) is 9.87. The minimum Gasteiger partial charge on any atom is -0.494 e. The second-order valence-electron chi connectivity index (χ2n) is 9.25. The van der Waals surface area contributed by atoms with Crippen LogP contribution in [0.4, 0.5) is 0 Å². The molecule has 1 aromatic carbocycles. The minimum absolute atomic E-state index is 0.156. The Morgan fingerprint density at radius 1 is 1.21 bits per heavy atom. The SMILES string of the molecule is CCOc1ccc(CCNC(=O)c2cc3n(n2)C[C@@](C)(C(=O)NC2CCCC2)N(C)C3=O)cc1. The molecule has 1 atom stereocenters. The molecule has 2 aliphatic rings. The number of nitrogens with one attached hydrogen (secondary N) is 2. The van der Waals surface area contributed by atoms with Crippen LogP contribution in [0.2, 0.25) is 0 Å². The molecule has 4 rings (SSSR count). The van der Waals surface area contributed by atoms with Gasteiger partial charge < -0.3 is 20.3 Å². The van der Waals surface area contributed by atoms with Crippen LogP contribution in [0.25, 0.3) is 0 Å². The minimum atomic E-state index is -1.07. The average molecular weight is 468 g/mol. The zero-order valence-electron chi connectivity index (χ0n) is 20.1. The third kappa shape index (κ3) is 4.78. The smallest absolute Gasteiger partial charge is 0.272 e. The lowest BCUT2D eigenvalue weighted by atomic mass is 9.95. The highest BCUT2D eigenvalue weighted by Crippen LogP contribution is 2.27. The third-order valence-electron chi connectivity index (χ3n) is 6.85. The highest BCUT2D eigenvalue weighted by Gasteiger charge is 2.46. The lowest BCUT2D eigenvalue weighted by Crippen LogP contribution is -2.63. The van der Waals surface area contributed by atoms with Gasteiger partial charge in [-0.1, -0.05) is 25.0 Å². The molecule has 0 saturated heterocycles. The van der Waals surface area contributed by atoms with Crippen LogP contribution in [0, 0.1) is 0 Å². The Bertz CT molecular complexity index is 1060. The molecule has 2 heterocycles. The number of carbonyl (C=O) groups is 3. The first kappa shape index (κ1) is 23.8. The van der Waals surface area contributed by atoms with Crippen LogP contribution in [0.3, 0.4) is 0 Å². The lowest BCUT2D eigenvalue weighted by molar-refractivity contribution is -0.133. The zero-order chi connectivity index (χ0) is 24.3. The highest BCUT2D eigenvalue weighted by molar-refractivity contribution is 6.01. The molecule has 0 bridgehead atoms. The van der Waals surface area contributed by atoms with Crippen LogP contribution < -0.4 is 15.4 Å². The Balaban J connectivity index is 1.39. The molecule has 1 fully saturated rings. The van der Waals surface area contributed by atoms with Gasteiger partial charge in [-0.05, 0) is 50.8 Å². The van der Waals surface area contributed by atoms with Gasteiger partial charge in [0.15, 0.2) is 5.69 Å². The number of likely N-dealkylation sites (N-methyl/N-ethyl adjacent to an activating group) is 1. The summed E-state index contributed by atoms with van der Waals surface area (Å²) in [5.41, 5.74) is 0.489. The first-order valence-corrected chi connectivity index (χ1v) is 12.0. The summed E-state index contributed by atoms with van der Waals surface area (Å²) in [7, 11) is 1.63. The number of carbonyl (C=O) groups excluding carboxylic acids is 3. The molecule has 1 aliphatic carbocycles. The first-order chi connectivity index (χ1) is 16.3. The lowest BCUT2D eigenvalue weighted by Gasteiger charge is -2.41. The number of hydrogen-bond donors (Lipinski definition) is 2. The van der Waals surface area contributed by atoms with E-state index in [1.165, 1.54) is 15.6 Å². The number of benzene rings is 1. The van der Waals surface area contributed by atoms with E-state index >= 15 is 0 Å². The molecule has 1 aromatic heterocycles. The Kier molecular flexibility index (Phi) is 6.90. The van der Waals surface area contributed by atoms with Crippen molar-refractivity contribution < 1.29 is 19.1 Å². The van der Waals surface area contributed by atoms with E-state index < -0.39 is 5.54 Å². The van der Waals surface area contributed by atoms with Gasteiger partial charge in [0.05, 0.1) is 13.2 Å². The van der Waals surface area contributed by atoms with Gasteiger partial charge in [-0.25, -0.2) is 0 Å². The van der Waals surface area contributed by atoms with Crippen molar-refractivity contribution in [2.45, 2.75) is 64.1 Å². The van der Waals surface area contributed by atoms with Gasteiger partial charge in [-0.2, -0.15) is 5.10 Å². The van der Waals surface area contributed by atoms with E-state index in [4.69, 9.17) is 4.74 Å². The Hall–Kier alpha value is -3.36. The van der Waals surface area contributed by atoms with Gasteiger partial charge in [-0.15, -0.1) is 0 Å². The molecule has 9 heteroatoms. The molecule has 2 aromatic rings. The van der Waals surface area contributed by atoms with Crippen molar-refractivity contribution in [1.82, 2.24) is 25.3 Å². The summed E-state index contributed by atoms with van der Waals surface area (Å²) in [6.07, 6.45) is 4.81. The van der Waals surface area contributed by atoms with Crippen molar-refractivity contribution in [2.75, 3.05) is 20.2 Å². The summed E-state index contributed by atoms with van der Waals surface area (Å²) in [6.45, 7) is 4.94. The number of nitrogens with zero attached hydrogens (tertiary/aromatic N) is 3. The molecular weight excluding hydrogens is 434 g/mol. The molecule has 34 heavy (non-hydrogen) atoms. The molecule has 2 N–H and O–H groups in total. The van der Waals surface area contributed by atoms with E-state index in [0.717, 1.165) is 37.0 Å². The Labute approximate surface area is 199 Å². The number of hydrogen-bond acceptors (Lipinski definition) is 5. The molecule has 182 valence electrons. The fraction of sp³-hybridized carbons (Fsp3) is 0.520. The monoisotopic (exact) mass is 467 g/mol. The van der Waals surface area contributed by atoms with Crippen molar-refractivity contribution in [1.29, 1.82) is 0 Å². The molecule has 1 saturated carbocycles. The molecule has 0 radical (unpaired) electrons. The predicted octanol–water partition coefficient (Wildman–Crippen LogP) is 2.16. The molecular formula is C25H33N5O4. The van der Waals surface area contributed by atoms with Gasteiger partial charge in [0, 0.05) is 25.7 Å². The van der Waals surface area contributed by atoms with Gasteiger partial charge in [0.2, 0.25) is 5.91 Å². The van der Waals surface area contributed by atoms with Crippen molar-refractivity contribution in [3.63, 3.8) is 0 Å². The van der Waals surface area contributed by atoms with Gasteiger partial charge in [0.25, 0.3) is 11.8 Å². The van der Waals surface area contributed by atoms with Crippen LogP contribution in [-0.2, 0) is 17.8 Å². The van der Waals surface area contributed by atoms with E-state index in [-0.39, 0.29) is 36.0 Å². The maximum absolute atomic E-state index is 13.1. The first-order valence-electron chi connectivity index (χ1n) is 12.0. The maximum Gasteiger partial charge on any atom is 0.272 e. The average Bonchev–Trinajstić information content (AvgIpc) is 3.49. The van der Waals surface area contributed by atoms with E-state index in [1.807, 2.05) is 31.2 Å². The number of fused-ring (bicyclic) bond motifs is 1. The zero-order valence-corrected chi connectivity index (χ0v) is 20.1. The highest BCUT2D eigenvalue weighted by atomic mass is 16.5. The quantitative estimate of drug-likeness (QED) is 0.619. The fourth-order valence-corrected chi connectivity index (χ4v) is 4.58. The standard InChI is InChI=1S/C25H33N5O4/c1-4-34-19-11-9-17(10-12-19)13-14-26-22(31)20-15-21-23(32)29(3)25(2,16-30(21)28-20)24(33)27-18-7-5-6-8-18/h9-12,15,18H,4-8,13-14,16H2,1-3H3,(H,26,31)(H,27,33)/t25-/m0/s1. The number of ether oxygens (including phenoxy) is 1. The molecule has 3 amide bonds. The van der Waals surface area contributed by atoms with E-state index in [9.17, 15) is 14.4 Å². The second-order valence-corrected chi connectivity index (χ2v) is 9.25. The van der Waals surface area contributed by atoms with Crippen molar-refractivity contribution >= 4 is 17.7 Å². The molecule has 0 unspecified atom stereocenters. The van der Waals surface area contributed by atoms with Crippen molar-refractivity contribution in [2.24, 2.45) is 0 Å². The third-order valence-corrected chi connectivity index (χ3v) is 6.85. The topological polar surface area (TPSA) is 106 Å². The number of aromatic nitrogens is 2. The largest absolute Gasteiger partial charge is 0.494 e. The van der Waals surface area contributed by atoms with E-state index in [0.29, 0.717) is 25.3 Å². The van der Waals surface area contributed by atoms with Gasteiger partial charge >= 0.3 is 0 Å². The maximum atomic E-state index is 13.1. The van der Waals surface area contributed by atoms with Gasteiger partial charge in [-0.3, -0.25) is 19.1 Å². The Morgan fingerprint density at radius 3 is 2.59 bits per heavy atom. The van der Waals surface area contributed by atoms with Crippen molar-refractivity contribution in [3.05, 3.63) is 47.3 Å². The summed E-state index contributed by atoms with van der Waals surface area (Å²) in [4.78, 5) is 40.3. The van der Waals surface area contributed by atoms with Crippen molar-refractivity contribution in [3.8, 4) is 5.75 Å². The summed E-state index contributed by atoms with van der Waals surface area (Å²) in [6, 6.07) is 9.41. The van der Waals surface area contributed by atoms with Crippen LogP contribution >= 0.6 is 0 Å². The van der Waals surface area contributed by atoms with Gasteiger partial charge in [0.1, 0.15) is 17.0 Å². The normalized spacial score (nSPS) is 20.2. The fourth-order valence-electron chi connectivity index (χ4n) is 4.58. The predicted molar refractivity (Wildman–Crippen MR) is 127 cm³/mol. The van der Waals surface area contributed by atoms with Crippen LogP contribution in [-0.4, -0.2) is 64.2 Å².